The van der Waals surface area contributed by atoms with E-state index in [0.717, 1.165) is 105 Å². The van der Waals surface area contributed by atoms with Crippen molar-refractivity contribution in [3.8, 4) is 33.2 Å². The van der Waals surface area contributed by atoms with E-state index in [1.165, 1.54) is 10.5 Å². The SMILES string of the molecule is Cc1ncsc1-c1ccc([C@H](C)NC(=O)[C@@H]2C[C@@H](O)CN2C(=O)[C@@H](NC(=O)CCCCCCCCC(=O)N2CCN(c3ccc(CN4CCCC(Oc5cc(-c6ccccc6O)nnc5N)C4)cc3)CC2)C(C)(C)C)cc1. The summed E-state index contributed by atoms with van der Waals surface area (Å²) in [6.45, 7) is 15.1. The molecule has 3 aliphatic rings. The zero-order valence-electron chi connectivity index (χ0n) is 45.5. The number of carbonyl (C=O) groups is 4. The van der Waals surface area contributed by atoms with Crippen LogP contribution in [0.3, 0.4) is 0 Å². The molecule has 1 unspecified atom stereocenters. The Kier molecular flexibility index (Phi) is 19.2. The Hall–Kier alpha value is -6.63. The number of piperazine rings is 1. The Morgan fingerprint density at radius 3 is 2.25 bits per heavy atom. The molecule has 8 rings (SSSR count). The number of carbonyl (C=O) groups excluding carboxylic acids is 4. The predicted octanol–water partition coefficient (Wildman–Crippen LogP) is 8.05. The molecule has 5 aromatic rings. The van der Waals surface area contributed by atoms with E-state index >= 15 is 0 Å². The molecule has 0 spiro atoms. The second kappa shape index (κ2) is 26.1. The molecule has 412 valence electrons. The number of hydrogen-bond acceptors (Lipinski definition) is 14. The molecule has 4 amide bonds. The number of ether oxygens (including phenoxy) is 1. The van der Waals surface area contributed by atoms with E-state index in [2.05, 4.69) is 59.9 Å². The van der Waals surface area contributed by atoms with E-state index in [0.29, 0.717) is 42.9 Å². The molecule has 0 radical (unpaired) electrons. The summed E-state index contributed by atoms with van der Waals surface area (Å²) in [5.41, 5.74) is 13.8. The molecule has 3 fully saturated rings. The average molecular weight is 1070 g/mol. The largest absolute Gasteiger partial charge is 0.507 e. The van der Waals surface area contributed by atoms with Gasteiger partial charge in [0.05, 0.1) is 28.2 Å². The second-order valence-corrected chi connectivity index (χ2v) is 23.0. The summed E-state index contributed by atoms with van der Waals surface area (Å²) in [5.74, 6) is 0.0955. The summed E-state index contributed by atoms with van der Waals surface area (Å²) in [6, 6.07) is 23.4. The number of piperidine rings is 1. The van der Waals surface area contributed by atoms with Gasteiger partial charge in [-0.15, -0.1) is 21.5 Å². The van der Waals surface area contributed by atoms with Crippen LogP contribution in [-0.4, -0.2) is 134 Å². The van der Waals surface area contributed by atoms with Crippen LogP contribution in [0, 0.1) is 12.3 Å². The normalized spacial score (nSPS) is 18.9. The van der Waals surface area contributed by atoms with Crippen LogP contribution in [0.15, 0.2) is 84.4 Å². The lowest BCUT2D eigenvalue weighted by molar-refractivity contribution is -0.144. The highest BCUT2D eigenvalue weighted by atomic mass is 32.1. The van der Waals surface area contributed by atoms with Gasteiger partial charge in [-0.05, 0) is 92.4 Å². The number of unbranched alkanes of at least 4 members (excludes halogenated alkanes) is 5. The van der Waals surface area contributed by atoms with Crippen LogP contribution in [-0.2, 0) is 25.7 Å². The van der Waals surface area contributed by atoms with Crippen LogP contribution < -0.4 is 26.0 Å². The van der Waals surface area contributed by atoms with Gasteiger partial charge in [-0.2, -0.15) is 0 Å². The Balaban J connectivity index is 0.692. The number of aryl methyl sites for hydroxylation is 1. The zero-order chi connectivity index (χ0) is 54.6. The standard InChI is InChI=1S/C59H78N10O7S/c1-39(42-22-24-43(25-23-42)54-40(2)61-38-77-54)62-57(74)49-33-45(70)36-69(49)58(75)55(59(3,4)5)63-52(72)18-10-8-6-7-9-11-19-53(73)68-31-29-67(30-32-68)44-26-20-41(21-27-44)35-66-28-14-15-46(37-66)76-51-34-48(64-65-56(51)60)47-16-12-13-17-50(47)71/h12-13,16-17,20-27,34,38-39,45-46,49,55,70-71H,6-11,14-15,18-19,28-33,35-37H2,1-5H3,(H2,60,65)(H,62,74)(H,63,72)/t39-,45+,46?,49-,55+/m0/s1. The summed E-state index contributed by atoms with van der Waals surface area (Å²) in [7, 11) is 0. The van der Waals surface area contributed by atoms with Crippen molar-refractivity contribution in [1.82, 2.24) is 40.5 Å². The van der Waals surface area contributed by atoms with Gasteiger partial charge in [-0.3, -0.25) is 24.1 Å². The van der Waals surface area contributed by atoms with Crippen LogP contribution in [0.2, 0.25) is 0 Å². The van der Waals surface area contributed by atoms with Crippen LogP contribution >= 0.6 is 11.3 Å². The van der Waals surface area contributed by atoms with Gasteiger partial charge in [0.1, 0.15) is 29.6 Å². The number of thiazole rings is 1. The number of phenols is 1. The van der Waals surface area contributed by atoms with Crippen LogP contribution in [0.5, 0.6) is 11.5 Å². The number of para-hydroxylation sites is 1. The summed E-state index contributed by atoms with van der Waals surface area (Å²) in [4.78, 5) is 67.9. The number of benzene rings is 3. The van der Waals surface area contributed by atoms with Crippen LogP contribution in [0.25, 0.3) is 21.7 Å². The fourth-order valence-electron chi connectivity index (χ4n) is 10.7. The predicted molar refractivity (Wildman–Crippen MR) is 301 cm³/mol. The van der Waals surface area contributed by atoms with E-state index in [-0.39, 0.29) is 66.7 Å². The van der Waals surface area contributed by atoms with E-state index in [1.54, 1.807) is 35.6 Å². The number of aliphatic hydroxyl groups is 1. The highest BCUT2D eigenvalue weighted by Crippen LogP contribution is 2.33. The molecule has 2 aromatic heterocycles. The van der Waals surface area contributed by atoms with Gasteiger partial charge in [-0.1, -0.05) is 95.0 Å². The van der Waals surface area contributed by atoms with Gasteiger partial charge >= 0.3 is 0 Å². The monoisotopic (exact) mass is 1070 g/mol. The quantitative estimate of drug-likeness (QED) is 0.0440. The first-order chi connectivity index (χ1) is 37.0. The smallest absolute Gasteiger partial charge is 0.246 e. The van der Waals surface area contributed by atoms with Gasteiger partial charge in [-0.25, -0.2) is 4.98 Å². The maximum absolute atomic E-state index is 14.1. The van der Waals surface area contributed by atoms with Crippen LogP contribution in [0.4, 0.5) is 11.5 Å². The van der Waals surface area contributed by atoms with E-state index in [1.807, 2.05) is 75.4 Å². The third-order valence-corrected chi connectivity index (χ3v) is 16.1. The lowest BCUT2D eigenvalue weighted by Gasteiger charge is -2.36. The minimum Gasteiger partial charge on any atom is -0.507 e. The van der Waals surface area contributed by atoms with Crippen LogP contribution in [0.1, 0.15) is 121 Å². The molecular weight excluding hydrogens is 993 g/mol. The van der Waals surface area contributed by atoms with E-state index in [4.69, 9.17) is 10.5 Å². The number of nitrogens with two attached hydrogens (primary N) is 1. The fraction of sp³-hybridized carbons (Fsp3) is 0.508. The maximum atomic E-state index is 14.1. The Labute approximate surface area is 457 Å². The lowest BCUT2D eigenvalue weighted by Crippen LogP contribution is -2.57. The van der Waals surface area contributed by atoms with Crippen molar-refractivity contribution in [3.05, 3.63) is 101 Å². The zero-order valence-corrected chi connectivity index (χ0v) is 46.3. The Bertz CT molecular complexity index is 2780. The molecule has 18 heteroatoms. The van der Waals surface area contributed by atoms with Crippen molar-refractivity contribution >= 4 is 46.5 Å². The minimum atomic E-state index is -0.871. The number of nitrogen functional groups attached to an aromatic ring is 1. The van der Waals surface area contributed by atoms with E-state index in [9.17, 15) is 29.4 Å². The maximum Gasteiger partial charge on any atom is 0.246 e. The number of anilines is 2. The summed E-state index contributed by atoms with van der Waals surface area (Å²) >= 11 is 1.58. The van der Waals surface area contributed by atoms with Gasteiger partial charge in [0.15, 0.2) is 11.6 Å². The fourth-order valence-corrected chi connectivity index (χ4v) is 11.5. The highest BCUT2D eigenvalue weighted by molar-refractivity contribution is 7.13. The Morgan fingerprint density at radius 2 is 1.56 bits per heavy atom. The topological polar surface area (TPSA) is 220 Å². The first kappa shape index (κ1) is 56.6. The van der Waals surface area contributed by atoms with Crippen molar-refractivity contribution in [3.63, 3.8) is 0 Å². The molecule has 3 aromatic carbocycles. The number of rotatable bonds is 21. The molecule has 0 aliphatic carbocycles. The number of nitrogens with one attached hydrogen (secondary N) is 2. The number of β-amino-alcohol motifs (C(OH)–C–C–N with tert-alkyl or cyclic N) is 1. The summed E-state index contributed by atoms with van der Waals surface area (Å²) < 4.78 is 6.37. The number of aromatic hydroxyl groups is 1. The van der Waals surface area contributed by atoms with Crippen molar-refractivity contribution in [2.24, 2.45) is 5.41 Å². The van der Waals surface area contributed by atoms with Gasteiger partial charge in [0, 0.05) is 82.4 Å². The number of nitrogens with zero attached hydrogens (tertiary/aromatic N) is 7. The minimum absolute atomic E-state index is 0.0197. The molecule has 6 N–H and O–H groups in total. The molecule has 3 aliphatic heterocycles. The molecule has 0 bridgehead atoms. The molecule has 0 saturated carbocycles. The number of hydrogen-bond donors (Lipinski definition) is 5. The summed E-state index contributed by atoms with van der Waals surface area (Å²) in [6.07, 6.45) is 7.19. The average Bonchev–Trinajstić information content (AvgIpc) is 4.05. The number of aliphatic hydroxyl groups excluding tert-OH is 1. The first-order valence-electron chi connectivity index (χ1n) is 27.5. The third-order valence-electron chi connectivity index (χ3n) is 15.2. The number of amides is 4. The molecule has 17 nitrogen and oxygen atoms in total. The lowest BCUT2D eigenvalue weighted by atomic mass is 9.85. The van der Waals surface area contributed by atoms with Gasteiger partial charge in [0.25, 0.3) is 0 Å². The molecule has 5 heterocycles. The number of aromatic nitrogens is 3. The number of phenolic OH excluding ortho intramolecular Hbond substituents is 1. The van der Waals surface area contributed by atoms with Gasteiger partial charge in [0.2, 0.25) is 23.6 Å². The van der Waals surface area contributed by atoms with Crippen molar-refractivity contribution in [1.29, 1.82) is 0 Å². The van der Waals surface area contributed by atoms with Crippen molar-refractivity contribution in [2.75, 3.05) is 56.4 Å². The number of likely N-dealkylation sites (tertiary alicyclic amines) is 2. The molecule has 5 atom stereocenters. The Morgan fingerprint density at radius 1 is 0.857 bits per heavy atom. The second-order valence-electron chi connectivity index (χ2n) is 22.2. The highest BCUT2D eigenvalue weighted by Gasteiger charge is 2.44. The molecular formula is C59H78N10O7S. The third kappa shape index (κ3) is 15.1. The first-order valence-corrected chi connectivity index (χ1v) is 28.4. The van der Waals surface area contributed by atoms with Crippen molar-refractivity contribution in [2.45, 2.75) is 142 Å². The van der Waals surface area contributed by atoms with Gasteiger partial charge < -0.3 is 46.0 Å². The summed E-state index contributed by atoms with van der Waals surface area (Å²) in [5, 5.41) is 35.3. The molecule has 77 heavy (non-hydrogen) atoms. The molecule has 3 saturated heterocycles. The van der Waals surface area contributed by atoms with E-state index < -0.39 is 23.6 Å². The van der Waals surface area contributed by atoms with Crippen molar-refractivity contribution < 1.29 is 34.1 Å².